The van der Waals surface area contributed by atoms with Gasteiger partial charge in [0.1, 0.15) is 24.5 Å². The second-order valence-electron chi connectivity index (χ2n) is 5.62. The summed E-state index contributed by atoms with van der Waals surface area (Å²) >= 11 is 5.78. The van der Waals surface area contributed by atoms with Gasteiger partial charge < -0.3 is 10.1 Å². The van der Waals surface area contributed by atoms with Gasteiger partial charge >= 0.3 is 0 Å². The summed E-state index contributed by atoms with van der Waals surface area (Å²) < 4.78 is 21.6. The molecule has 126 valence electrons. The van der Waals surface area contributed by atoms with Crippen molar-refractivity contribution in [3.63, 3.8) is 0 Å². The molecule has 4 rings (SSSR count). The molecular formula is C17H13ClFN5O. The summed E-state index contributed by atoms with van der Waals surface area (Å²) in [6.07, 6.45) is 9.58. The maximum atomic E-state index is 14.0. The molecule has 0 amide bonds. The largest absolute Gasteiger partial charge is 0.342 e. The van der Waals surface area contributed by atoms with Crippen LogP contribution in [0.5, 0.6) is 0 Å². The third-order valence-electron chi connectivity index (χ3n) is 4.04. The standard InChI is InChI=1S/C17H13ClFN5O/c1-2-11-4-6-14(25-11)24-9-22-15-16(20-8-21-17(15)24)23-13-5-3-10(18)7-12(13)19/h1,3,5,7-9,11,14H,4,6H2,(H,20,21,23). The highest BCUT2D eigenvalue weighted by Gasteiger charge is 2.27. The third-order valence-corrected chi connectivity index (χ3v) is 4.27. The van der Waals surface area contributed by atoms with Crippen molar-refractivity contribution in [3.8, 4) is 12.3 Å². The Balaban J connectivity index is 1.69. The lowest BCUT2D eigenvalue weighted by Crippen LogP contribution is -2.10. The first-order valence-corrected chi connectivity index (χ1v) is 8.04. The number of halogens is 2. The minimum absolute atomic E-state index is 0.204. The number of benzene rings is 1. The van der Waals surface area contributed by atoms with Crippen LogP contribution in [-0.4, -0.2) is 25.6 Å². The molecule has 25 heavy (non-hydrogen) atoms. The fraction of sp³-hybridized carbons (Fsp3) is 0.235. The second-order valence-corrected chi connectivity index (χ2v) is 6.06. The van der Waals surface area contributed by atoms with E-state index in [0.29, 0.717) is 22.0 Å². The Morgan fingerprint density at radius 2 is 2.20 bits per heavy atom. The molecule has 8 heteroatoms. The van der Waals surface area contributed by atoms with E-state index in [1.54, 1.807) is 18.5 Å². The lowest BCUT2D eigenvalue weighted by atomic mass is 10.2. The van der Waals surface area contributed by atoms with E-state index in [-0.39, 0.29) is 18.0 Å². The zero-order valence-electron chi connectivity index (χ0n) is 13.0. The van der Waals surface area contributed by atoms with Gasteiger partial charge in [-0.1, -0.05) is 17.5 Å². The van der Waals surface area contributed by atoms with E-state index in [1.165, 1.54) is 12.4 Å². The second kappa shape index (κ2) is 6.31. The van der Waals surface area contributed by atoms with Gasteiger partial charge in [0.15, 0.2) is 17.0 Å². The lowest BCUT2D eigenvalue weighted by molar-refractivity contribution is 0.0300. The number of nitrogens with zero attached hydrogens (tertiary/aromatic N) is 4. The van der Waals surface area contributed by atoms with Gasteiger partial charge in [0.25, 0.3) is 0 Å². The Labute approximate surface area is 148 Å². The molecule has 1 aliphatic heterocycles. The van der Waals surface area contributed by atoms with Crippen LogP contribution in [0.3, 0.4) is 0 Å². The first-order valence-electron chi connectivity index (χ1n) is 7.67. The van der Waals surface area contributed by atoms with Crippen LogP contribution in [0.1, 0.15) is 19.1 Å². The molecular weight excluding hydrogens is 345 g/mol. The average molecular weight is 358 g/mol. The van der Waals surface area contributed by atoms with Gasteiger partial charge in [0.05, 0.1) is 12.0 Å². The molecule has 1 aliphatic rings. The van der Waals surface area contributed by atoms with Gasteiger partial charge in [0, 0.05) is 5.02 Å². The van der Waals surface area contributed by atoms with Gasteiger partial charge in [-0.05, 0) is 31.0 Å². The SMILES string of the molecule is C#CC1CCC(n2cnc3c(Nc4ccc(Cl)cc4F)ncnc32)O1. The number of aromatic nitrogens is 4. The number of terminal acetylenes is 1. The number of anilines is 2. The normalized spacial score (nSPS) is 19.9. The summed E-state index contributed by atoms with van der Waals surface area (Å²) in [5, 5.41) is 3.25. The van der Waals surface area contributed by atoms with Gasteiger partial charge in [-0.15, -0.1) is 6.42 Å². The van der Waals surface area contributed by atoms with Crippen molar-refractivity contribution in [2.75, 3.05) is 5.32 Å². The van der Waals surface area contributed by atoms with E-state index >= 15 is 0 Å². The molecule has 1 aromatic carbocycles. The number of imidazole rings is 1. The molecule has 1 fully saturated rings. The first kappa shape index (κ1) is 15.8. The van der Waals surface area contributed by atoms with Gasteiger partial charge in [-0.2, -0.15) is 0 Å². The summed E-state index contributed by atoms with van der Waals surface area (Å²) in [6.45, 7) is 0. The van der Waals surface area contributed by atoms with Crippen molar-refractivity contribution in [2.45, 2.75) is 25.2 Å². The topological polar surface area (TPSA) is 64.9 Å². The Kier molecular flexibility index (Phi) is 3.99. The van der Waals surface area contributed by atoms with Crippen molar-refractivity contribution in [1.82, 2.24) is 19.5 Å². The molecule has 0 radical (unpaired) electrons. The number of nitrogens with one attached hydrogen (secondary N) is 1. The van der Waals surface area contributed by atoms with Crippen LogP contribution < -0.4 is 5.32 Å². The van der Waals surface area contributed by atoms with E-state index in [0.717, 1.165) is 12.8 Å². The zero-order valence-corrected chi connectivity index (χ0v) is 13.7. The number of ether oxygens (including phenoxy) is 1. The predicted octanol–water partition coefficient (Wildman–Crippen LogP) is 3.67. The van der Waals surface area contributed by atoms with Crippen LogP contribution in [0, 0.1) is 18.2 Å². The van der Waals surface area contributed by atoms with Crippen molar-refractivity contribution in [2.24, 2.45) is 0 Å². The van der Waals surface area contributed by atoms with Gasteiger partial charge in [-0.25, -0.2) is 19.3 Å². The molecule has 0 bridgehead atoms. The Morgan fingerprint density at radius 1 is 1.32 bits per heavy atom. The molecule has 2 aromatic heterocycles. The van der Waals surface area contributed by atoms with Crippen LogP contribution in [0.4, 0.5) is 15.9 Å². The molecule has 0 spiro atoms. The molecule has 2 atom stereocenters. The Morgan fingerprint density at radius 3 is 2.96 bits per heavy atom. The van der Waals surface area contributed by atoms with E-state index in [2.05, 4.69) is 26.2 Å². The van der Waals surface area contributed by atoms with Gasteiger partial charge in [0.2, 0.25) is 0 Å². The average Bonchev–Trinajstić information content (AvgIpc) is 3.24. The summed E-state index contributed by atoms with van der Waals surface area (Å²) in [4.78, 5) is 12.8. The highest BCUT2D eigenvalue weighted by Crippen LogP contribution is 2.32. The highest BCUT2D eigenvalue weighted by molar-refractivity contribution is 6.30. The quantitative estimate of drug-likeness (QED) is 0.724. The van der Waals surface area contributed by atoms with E-state index in [1.807, 2.05) is 4.57 Å². The van der Waals surface area contributed by atoms with Crippen molar-refractivity contribution in [1.29, 1.82) is 0 Å². The monoisotopic (exact) mass is 357 g/mol. The first-order chi connectivity index (χ1) is 12.2. The Bertz CT molecular complexity index is 983. The van der Waals surface area contributed by atoms with Crippen LogP contribution >= 0.6 is 11.6 Å². The summed E-state index contributed by atoms with van der Waals surface area (Å²) in [5.41, 5.74) is 1.36. The van der Waals surface area contributed by atoms with Crippen LogP contribution in [0.15, 0.2) is 30.9 Å². The smallest absolute Gasteiger partial charge is 0.167 e. The van der Waals surface area contributed by atoms with E-state index in [9.17, 15) is 4.39 Å². The summed E-state index contributed by atoms with van der Waals surface area (Å²) in [7, 11) is 0. The van der Waals surface area contributed by atoms with Crippen LogP contribution in [0.25, 0.3) is 11.2 Å². The number of hydrogen-bond donors (Lipinski definition) is 1. The molecule has 3 heterocycles. The van der Waals surface area contributed by atoms with Crippen molar-refractivity contribution >= 4 is 34.3 Å². The maximum Gasteiger partial charge on any atom is 0.167 e. The summed E-state index contributed by atoms with van der Waals surface area (Å²) in [5.74, 6) is 2.53. The van der Waals surface area contributed by atoms with Crippen LogP contribution in [0.2, 0.25) is 5.02 Å². The molecule has 3 aromatic rings. The molecule has 1 saturated heterocycles. The number of fused-ring (bicyclic) bond motifs is 1. The Hall–Kier alpha value is -2.69. The van der Waals surface area contributed by atoms with Crippen LogP contribution in [-0.2, 0) is 4.74 Å². The van der Waals surface area contributed by atoms with E-state index in [4.69, 9.17) is 22.8 Å². The number of rotatable bonds is 3. The lowest BCUT2D eigenvalue weighted by Gasteiger charge is -2.13. The molecule has 2 unspecified atom stereocenters. The minimum Gasteiger partial charge on any atom is -0.342 e. The highest BCUT2D eigenvalue weighted by atomic mass is 35.5. The third kappa shape index (κ3) is 2.90. The van der Waals surface area contributed by atoms with Crippen molar-refractivity contribution < 1.29 is 9.13 Å². The fourth-order valence-electron chi connectivity index (χ4n) is 2.82. The zero-order chi connectivity index (χ0) is 17.4. The molecule has 6 nitrogen and oxygen atoms in total. The fourth-order valence-corrected chi connectivity index (χ4v) is 2.98. The minimum atomic E-state index is -0.477. The number of hydrogen-bond acceptors (Lipinski definition) is 5. The summed E-state index contributed by atoms with van der Waals surface area (Å²) in [6, 6.07) is 4.36. The van der Waals surface area contributed by atoms with Gasteiger partial charge in [-0.3, -0.25) is 4.57 Å². The predicted molar refractivity (Wildman–Crippen MR) is 92.0 cm³/mol. The maximum absolute atomic E-state index is 14.0. The van der Waals surface area contributed by atoms with E-state index < -0.39 is 5.82 Å². The molecule has 1 N–H and O–H groups in total. The molecule has 0 saturated carbocycles. The van der Waals surface area contributed by atoms with Crippen molar-refractivity contribution in [3.05, 3.63) is 41.7 Å². The molecule has 0 aliphatic carbocycles.